The van der Waals surface area contributed by atoms with Crippen LogP contribution >= 0.6 is 0 Å². The van der Waals surface area contributed by atoms with Crippen LogP contribution in [0, 0.1) is 6.92 Å². The van der Waals surface area contributed by atoms with Gasteiger partial charge in [-0.05, 0) is 42.3 Å². The number of aromatic nitrogens is 1. The normalized spacial score (nSPS) is 11.5. The molecular formula is C23H23N3O5. The average Bonchev–Trinajstić information content (AvgIpc) is 2.71. The highest BCUT2D eigenvalue weighted by Crippen LogP contribution is 2.18. The fraction of sp³-hybridized carbons (Fsp3) is 0.174. The maximum absolute atomic E-state index is 12.7. The van der Waals surface area contributed by atoms with Gasteiger partial charge in [-0.3, -0.25) is 9.59 Å². The molecule has 0 fully saturated rings. The Morgan fingerprint density at radius 3 is 2.48 bits per heavy atom. The number of carbonyl (C=O) groups excluding carboxylic acids is 1. The first-order valence-electron chi connectivity index (χ1n) is 9.65. The SMILES string of the molecule is Cc1ccc([C@H](CC(=O)O)NC(=O)Nc2cccn(Cc3cccc(O)c3)c2=O)cc1. The van der Waals surface area contributed by atoms with E-state index in [0.717, 1.165) is 11.1 Å². The lowest BCUT2D eigenvalue weighted by Crippen LogP contribution is -2.36. The number of anilines is 1. The van der Waals surface area contributed by atoms with Gasteiger partial charge in [-0.15, -0.1) is 0 Å². The van der Waals surface area contributed by atoms with Gasteiger partial charge >= 0.3 is 12.0 Å². The molecule has 0 radical (unpaired) electrons. The van der Waals surface area contributed by atoms with E-state index < -0.39 is 23.6 Å². The van der Waals surface area contributed by atoms with E-state index in [1.807, 2.05) is 19.1 Å². The maximum atomic E-state index is 12.7. The van der Waals surface area contributed by atoms with Gasteiger partial charge in [0.2, 0.25) is 0 Å². The Kier molecular flexibility index (Phi) is 6.71. The van der Waals surface area contributed by atoms with Gasteiger partial charge in [0.25, 0.3) is 5.56 Å². The van der Waals surface area contributed by atoms with E-state index in [1.54, 1.807) is 42.6 Å². The first-order chi connectivity index (χ1) is 14.8. The van der Waals surface area contributed by atoms with Gasteiger partial charge in [-0.25, -0.2) is 4.79 Å². The van der Waals surface area contributed by atoms with Crippen molar-refractivity contribution in [3.8, 4) is 5.75 Å². The van der Waals surface area contributed by atoms with Crippen molar-refractivity contribution in [2.24, 2.45) is 0 Å². The summed E-state index contributed by atoms with van der Waals surface area (Å²) >= 11 is 0. The second-order valence-electron chi connectivity index (χ2n) is 7.18. The molecule has 0 aliphatic heterocycles. The van der Waals surface area contributed by atoms with Crippen molar-refractivity contribution >= 4 is 17.7 Å². The molecule has 2 aromatic carbocycles. The largest absolute Gasteiger partial charge is 0.508 e. The summed E-state index contributed by atoms with van der Waals surface area (Å²) < 4.78 is 1.40. The highest BCUT2D eigenvalue weighted by atomic mass is 16.4. The van der Waals surface area contributed by atoms with E-state index in [9.17, 15) is 24.6 Å². The second kappa shape index (κ2) is 9.62. The summed E-state index contributed by atoms with van der Waals surface area (Å²) in [5, 5.41) is 23.9. The number of nitrogens with one attached hydrogen (secondary N) is 2. The Labute approximate surface area is 178 Å². The topological polar surface area (TPSA) is 121 Å². The number of hydrogen-bond donors (Lipinski definition) is 4. The lowest BCUT2D eigenvalue weighted by atomic mass is 10.0. The van der Waals surface area contributed by atoms with Crippen molar-refractivity contribution in [2.45, 2.75) is 25.9 Å². The monoisotopic (exact) mass is 421 g/mol. The number of phenolic OH excluding ortho intramolecular Hbond substituents is 1. The molecule has 0 aliphatic carbocycles. The van der Waals surface area contributed by atoms with Crippen molar-refractivity contribution in [2.75, 3.05) is 5.32 Å². The molecule has 0 aliphatic rings. The predicted molar refractivity (Wildman–Crippen MR) is 116 cm³/mol. The third-order valence-electron chi connectivity index (χ3n) is 4.70. The molecular weight excluding hydrogens is 398 g/mol. The third kappa shape index (κ3) is 5.96. The lowest BCUT2D eigenvalue weighted by molar-refractivity contribution is -0.137. The van der Waals surface area contributed by atoms with Crippen LogP contribution < -0.4 is 16.2 Å². The van der Waals surface area contributed by atoms with Crippen LogP contribution in [0.25, 0.3) is 0 Å². The maximum Gasteiger partial charge on any atom is 0.319 e. The number of carboxylic acid groups (broad SMARTS) is 1. The molecule has 2 amide bonds. The van der Waals surface area contributed by atoms with Crippen LogP contribution in [0.15, 0.2) is 71.7 Å². The van der Waals surface area contributed by atoms with Crippen LogP contribution in [0.5, 0.6) is 5.75 Å². The molecule has 0 unspecified atom stereocenters. The van der Waals surface area contributed by atoms with Crippen LogP contribution in [0.1, 0.15) is 29.2 Å². The van der Waals surface area contributed by atoms with Crippen LogP contribution in [-0.4, -0.2) is 26.8 Å². The van der Waals surface area contributed by atoms with Gasteiger partial charge in [0.1, 0.15) is 11.4 Å². The molecule has 0 spiro atoms. The molecule has 0 bridgehead atoms. The minimum absolute atomic E-state index is 0.0538. The van der Waals surface area contributed by atoms with E-state index in [4.69, 9.17) is 0 Å². The molecule has 3 aromatic rings. The average molecular weight is 421 g/mol. The van der Waals surface area contributed by atoms with Crippen LogP contribution in [0.4, 0.5) is 10.5 Å². The van der Waals surface area contributed by atoms with Crippen LogP contribution in [0.3, 0.4) is 0 Å². The zero-order valence-corrected chi connectivity index (χ0v) is 16.9. The first kappa shape index (κ1) is 21.6. The number of rotatable bonds is 7. The Morgan fingerprint density at radius 1 is 1.06 bits per heavy atom. The molecule has 4 N–H and O–H groups in total. The number of amides is 2. The Hall–Kier alpha value is -4.07. The summed E-state index contributed by atoms with van der Waals surface area (Å²) in [4.78, 5) is 36.5. The molecule has 0 saturated carbocycles. The van der Waals surface area contributed by atoms with E-state index in [0.29, 0.717) is 5.56 Å². The third-order valence-corrected chi connectivity index (χ3v) is 4.70. The summed E-state index contributed by atoms with van der Waals surface area (Å²) in [7, 11) is 0. The summed E-state index contributed by atoms with van der Waals surface area (Å²) in [6.45, 7) is 2.13. The quantitative estimate of drug-likeness (QED) is 0.467. The number of benzene rings is 2. The van der Waals surface area contributed by atoms with E-state index in [-0.39, 0.29) is 24.4 Å². The smallest absolute Gasteiger partial charge is 0.319 e. The Morgan fingerprint density at radius 2 is 1.81 bits per heavy atom. The minimum atomic E-state index is -1.06. The molecule has 1 atom stereocenters. The molecule has 0 saturated heterocycles. The molecule has 160 valence electrons. The molecule has 8 nitrogen and oxygen atoms in total. The lowest BCUT2D eigenvalue weighted by Gasteiger charge is -2.18. The number of pyridine rings is 1. The highest BCUT2D eigenvalue weighted by Gasteiger charge is 2.19. The standard InChI is InChI=1S/C23H23N3O5/c1-15-7-9-17(10-8-15)20(13-21(28)29)25-23(31)24-19-6-3-11-26(22(19)30)14-16-4-2-5-18(27)12-16/h2-12,20,27H,13-14H2,1H3,(H,28,29)(H2,24,25,31)/t20-/m0/s1. The van der Waals surface area contributed by atoms with Crippen molar-refractivity contribution in [3.63, 3.8) is 0 Å². The van der Waals surface area contributed by atoms with Gasteiger partial charge in [-0.1, -0.05) is 42.0 Å². The highest BCUT2D eigenvalue weighted by molar-refractivity contribution is 5.89. The van der Waals surface area contributed by atoms with Gasteiger partial charge in [0.15, 0.2) is 0 Å². The molecule has 1 heterocycles. The van der Waals surface area contributed by atoms with Crippen molar-refractivity contribution < 1.29 is 19.8 Å². The number of urea groups is 1. The van der Waals surface area contributed by atoms with Gasteiger partial charge in [0, 0.05) is 6.20 Å². The molecule has 8 heteroatoms. The number of aromatic hydroxyl groups is 1. The number of aryl methyl sites for hydroxylation is 1. The van der Waals surface area contributed by atoms with Crippen molar-refractivity contribution in [1.82, 2.24) is 9.88 Å². The zero-order chi connectivity index (χ0) is 22.4. The minimum Gasteiger partial charge on any atom is -0.508 e. The number of carboxylic acids is 1. The fourth-order valence-electron chi connectivity index (χ4n) is 3.15. The zero-order valence-electron chi connectivity index (χ0n) is 16.9. The summed E-state index contributed by atoms with van der Waals surface area (Å²) in [5.74, 6) is -0.959. The van der Waals surface area contributed by atoms with Crippen LogP contribution in [-0.2, 0) is 11.3 Å². The first-order valence-corrected chi connectivity index (χ1v) is 9.65. The van der Waals surface area contributed by atoms with Gasteiger partial charge in [0.05, 0.1) is 19.0 Å². The second-order valence-corrected chi connectivity index (χ2v) is 7.18. The molecule has 31 heavy (non-hydrogen) atoms. The van der Waals surface area contributed by atoms with E-state index in [2.05, 4.69) is 10.6 Å². The Bertz CT molecular complexity index is 1140. The number of carbonyl (C=O) groups is 2. The molecule has 1 aromatic heterocycles. The number of hydrogen-bond acceptors (Lipinski definition) is 4. The van der Waals surface area contributed by atoms with E-state index >= 15 is 0 Å². The van der Waals surface area contributed by atoms with Gasteiger partial charge < -0.3 is 25.4 Å². The summed E-state index contributed by atoms with van der Waals surface area (Å²) in [6, 6.07) is 15.4. The van der Waals surface area contributed by atoms with Gasteiger partial charge in [-0.2, -0.15) is 0 Å². The number of phenols is 1. The van der Waals surface area contributed by atoms with E-state index in [1.165, 1.54) is 16.7 Å². The number of aliphatic carboxylic acids is 1. The van der Waals surface area contributed by atoms with Crippen molar-refractivity contribution in [1.29, 1.82) is 0 Å². The molecule has 3 rings (SSSR count). The fourth-order valence-corrected chi connectivity index (χ4v) is 3.15. The Balaban J connectivity index is 1.75. The van der Waals surface area contributed by atoms with Crippen LogP contribution in [0.2, 0.25) is 0 Å². The van der Waals surface area contributed by atoms with Crippen molar-refractivity contribution in [3.05, 3.63) is 93.9 Å². The summed E-state index contributed by atoms with van der Waals surface area (Å²) in [5.41, 5.74) is 2.02. The number of nitrogens with zero attached hydrogens (tertiary/aromatic N) is 1. The predicted octanol–water partition coefficient (Wildman–Crippen LogP) is 3.25. The summed E-state index contributed by atoms with van der Waals surface area (Å²) in [6.07, 6.45) is 1.28.